The van der Waals surface area contributed by atoms with Crippen molar-refractivity contribution in [2.75, 3.05) is 6.54 Å². The van der Waals surface area contributed by atoms with Crippen molar-refractivity contribution in [2.45, 2.75) is 13.0 Å². The molecule has 84 valence electrons. The highest BCUT2D eigenvalue weighted by atomic mass is 15.3. The molecule has 0 aliphatic carbocycles. The first kappa shape index (κ1) is 10.8. The molecular weight excluding hydrogens is 202 g/mol. The first-order valence-corrected chi connectivity index (χ1v) is 5.30. The normalized spacial score (nSPS) is 12.6. The molecule has 0 aliphatic rings. The van der Waals surface area contributed by atoms with E-state index in [-0.39, 0.29) is 6.04 Å². The summed E-state index contributed by atoms with van der Waals surface area (Å²) < 4.78 is 1.87. The lowest BCUT2D eigenvalue weighted by Crippen LogP contribution is -2.24. The van der Waals surface area contributed by atoms with E-state index in [1.807, 2.05) is 23.9 Å². The maximum atomic E-state index is 4.19. The van der Waals surface area contributed by atoms with Gasteiger partial charge in [-0.3, -0.25) is 4.68 Å². The van der Waals surface area contributed by atoms with E-state index in [0.29, 0.717) is 0 Å². The number of hydrogen-bond donors (Lipinski definition) is 1. The molecule has 1 atom stereocenters. The van der Waals surface area contributed by atoms with Gasteiger partial charge in [0.2, 0.25) is 0 Å². The molecule has 0 aliphatic heterocycles. The zero-order valence-corrected chi connectivity index (χ0v) is 9.46. The number of aromatic nitrogens is 4. The van der Waals surface area contributed by atoms with Gasteiger partial charge in [0, 0.05) is 19.4 Å². The molecule has 5 nitrogen and oxygen atoms in total. The predicted molar refractivity (Wildman–Crippen MR) is 60.8 cm³/mol. The van der Waals surface area contributed by atoms with Crippen LogP contribution in [0.2, 0.25) is 0 Å². The molecule has 5 heteroatoms. The standard InChI is InChI=1S/C11H15N5/c1-3-12-11(9-4-6-13-14-8-9)10-5-7-15-16(10)2/h4-8,11-12H,3H2,1-2H3. The van der Waals surface area contributed by atoms with Crippen molar-refractivity contribution >= 4 is 0 Å². The fraction of sp³-hybridized carbons (Fsp3) is 0.364. The molecule has 0 radical (unpaired) electrons. The van der Waals surface area contributed by atoms with Gasteiger partial charge < -0.3 is 5.32 Å². The van der Waals surface area contributed by atoms with Gasteiger partial charge in [-0.1, -0.05) is 6.92 Å². The highest BCUT2D eigenvalue weighted by Gasteiger charge is 2.15. The Morgan fingerprint density at radius 3 is 2.75 bits per heavy atom. The lowest BCUT2D eigenvalue weighted by Gasteiger charge is -2.17. The molecule has 0 fully saturated rings. The van der Waals surface area contributed by atoms with Crippen LogP contribution < -0.4 is 5.32 Å². The van der Waals surface area contributed by atoms with Crippen molar-refractivity contribution < 1.29 is 0 Å². The van der Waals surface area contributed by atoms with E-state index in [1.54, 1.807) is 18.6 Å². The number of nitrogens with zero attached hydrogens (tertiary/aromatic N) is 4. The van der Waals surface area contributed by atoms with E-state index in [0.717, 1.165) is 17.8 Å². The average Bonchev–Trinajstić information content (AvgIpc) is 2.73. The van der Waals surface area contributed by atoms with Crippen molar-refractivity contribution in [3.05, 3.63) is 42.0 Å². The van der Waals surface area contributed by atoms with Gasteiger partial charge >= 0.3 is 0 Å². The second kappa shape index (κ2) is 4.85. The Kier molecular flexibility index (Phi) is 3.26. The minimum atomic E-state index is 0.119. The van der Waals surface area contributed by atoms with E-state index < -0.39 is 0 Å². The third kappa shape index (κ3) is 2.09. The summed E-state index contributed by atoms with van der Waals surface area (Å²) in [5.41, 5.74) is 2.22. The minimum Gasteiger partial charge on any atom is -0.305 e. The monoisotopic (exact) mass is 217 g/mol. The molecule has 0 spiro atoms. The molecule has 0 amide bonds. The second-order valence-corrected chi connectivity index (χ2v) is 3.55. The summed E-state index contributed by atoms with van der Waals surface area (Å²) >= 11 is 0. The van der Waals surface area contributed by atoms with Crippen LogP contribution in [0.15, 0.2) is 30.7 Å². The highest BCUT2D eigenvalue weighted by molar-refractivity contribution is 5.23. The Balaban J connectivity index is 2.35. The molecule has 2 rings (SSSR count). The largest absolute Gasteiger partial charge is 0.305 e. The molecule has 2 aromatic heterocycles. The van der Waals surface area contributed by atoms with Crippen LogP contribution in [-0.2, 0) is 7.05 Å². The number of hydrogen-bond acceptors (Lipinski definition) is 4. The summed E-state index contributed by atoms with van der Waals surface area (Å²) in [7, 11) is 1.94. The van der Waals surface area contributed by atoms with Gasteiger partial charge in [-0.25, -0.2) is 0 Å². The maximum absolute atomic E-state index is 4.19. The molecular formula is C11H15N5. The molecule has 0 bridgehead atoms. The number of aryl methyl sites for hydroxylation is 1. The Morgan fingerprint density at radius 2 is 2.19 bits per heavy atom. The smallest absolute Gasteiger partial charge is 0.0764 e. The van der Waals surface area contributed by atoms with Gasteiger partial charge in [-0.2, -0.15) is 15.3 Å². The molecule has 1 N–H and O–H groups in total. The van der Waals surface area contributed by atoms with E-state index in [4.69, 9.17) is 0 Å². The van der Waals surface area contributed by atoms with Gasteiger partial charge in [0.1, 0.15) is 0 Å². The van der Waals surface area contributed by atoms with Crippen molar-refractivity contribution in [3.8, 4) is 0 Å². The summed E-state index contributed by atoms with van der Waals surface area (Å²) in [5.74, 6) is 0. The Bertz CT molecular complexity index is 437. The Morgan fingerprint density at radius 1 is 1.31 bits per heavy atom. The number of nitrogens with one attached hydrogen (secondary N) is 1. The predicted octanol–water partition coefficient (Wildman–Crippen LogP) is 0.909. The fourth-order valence-electron chi connectivity index (χ4n) is 1.74. The first-order chi connectivity index (χ1) is 7.83. The van der Waals surface area contributed by atoms with Crippen LogP contribution in [0.5, 0.6) is 0 Å². The van der Waals surface area contributed by atoms with Crippen molar-refractivity contribution in [1.82, 2.24) is 25.3 Å². The van der Waals surface area contributed by atoms with E-state index in [1.165, 1.54) is 0 Å². The summed E-state index contributed by atoms with van der Waals surface area (Å²) in [6.45, 7) is 2.97. The SMILES string of the molecule is CCNC(c1ccnnc1)c1ccnn1C. The zero-order valence-electron chi connectivity index (χ0n) is 9.46. The third-order valence-electron chi connectivity index (χ3n) is 2.50. The molecule has 2 heterocycles. The Hall–Kier alpha value is -1.75. The lowest BCUT2D eigenvalue weighted by atomic mass is 10.1. The van der Waals surface area contributed by atoms with Crippen molar-refractivity contribution in [2.24, 2.45) is 7.05 Å². The van der Waals surface area contributed by atoms with Gasteiger partial charge in [0.05, 0.1) is 17.9 Å². The quantitative estimate of drug-likeness (QED) is 0.827. The maximum Gasteiger partial charge on any atom is 0.0764 e. The molecule has 16 heavy (non-hydrogen) atoms. The summed E-state index contributed by atoms with van der Waals surface area (Å²) in [6, 6.07) is 4.09. The van der Waals surface area contributed by atoms with Crippen molar-refractivity contribution in [1.29, 1.82) is 0 Å². The van der Waals surface area contributed by atoms with Crippen LogP contribution in [0.4, 0.5) is 0 Å². The summed E-state index contributed by atoms with van der Waals surface area (Å²) in [5, 5.41) is 15.3. The topological polar surface area (TPSA) is 55.6 Å². The molecule has 0 saturated carbocycles. The summed E-state index contributed by atoms with van der Waals surface area (Å²) in [4.78, 5) is 0. The van der Waals surface area contributed by atoms with Crippen LogP contribution in [-0.4, -0.2) is 26.5 Å². The highest BCUT2D eigenvalue weighted by Crippen LogP contribution is 2.19. The third-order valence-corrected chi connectivity index (χ3v) is 2.50. The van der Waals surface area contributed by atoms with Crippen LogP contribution >= 0.6 is 0 Å². The van der Waals surface area contributed by atoms with Gasteiger partial charge in [0.15, 0.2) is 0 Å². The zero-order chi connectivity index (χ0) is 11.4. The number of rotatable bonds is 4. The average molecular weight is 217 g/mol. The molecule has 0 aromatic carbocycles. The van der Waals surface area contributed by atoms with Gasteiger partial charge in [-0.05, 0) is 24.2 Å². The van der Waals surface area contributed by atoms with Crippen LogP contribution in [0.3, 0.4) is 0 Å². The van der Waals surface area contributed by atoms with Gasteiger partial charge in [-0.15, -0.1) is 0 Å². The fourth-order valence-corrected chi connectivity index (χ4v) is 1.74. The van der Waals surface area contributed by atoms with E-state index in [2.05, 4.69) is 27.5 Å². The van der Waals surface area contributed by atoms with Crippen LogP contribution in [0.25, 0.3) is 0 Å². The van der Waals surface area contributed by atoms with Crippen molar-refractivity contribution in [3.63, 3.8) is 0 Å². The van der Waals surface area contributed by atoms with Gasteiger partial charge in [0.25, 0.3) is 0 Å². The van der Waals surface area contributed by atoms with E-state index >= 15 is 0 Å². The minimum absolute atomic E-state index is 0.119. The molecule has 1 unspecified atom stereocenters. The summed E-state index contributed by atoms with van der Waals surface area (Å²) in [6.07, 6.45) is 5.28. The first-order valence-electron chi connectivity index (χ1n) is 5.30. The van der Waals surface area contributed by atoms with Crippen LogP contribution in [0.1, 0.15) is 24.2 Å². The lowest BCUT2D eigenvalue weighted by molar-refractivity contribution is 0.570. The Labute approximate surface area is 94.5 Å². The van der Waals surface area contributed by atoms with E-state index in [9.17, 15) is 0 Å². The molecule has 0 saturated heterocycles. The molecule has 2 aromatic rings. The van der Waals surface area contributed by atoms with Crippen LogP contribution in [0, 0.1) is 0 Å². The second-order valence-electron chi connectivity index (χ2n) is 3.55.